The van der Waals surface area contributed by atoms with Gasteiger partial charge in [-0.1, -0.05) is 6.07 Å². The maximum Gasteiger partial charge on any atom is 0.227 e. The molecular formula is C20H28N6. The molecule has 0 spiro atoms. The van der Waals surface area contributed by atoms with E-state index in [1.54, 1.807) is 0 Å². The number of anilines is 2. The molecular weight excluding hydrogens is 324 g/mol. The van der Waals surface area contributed by atoms with Crippen LogP contribution in [0.15, 0.2) is 30.5 Å². The first-order chi connectivity index (χ1) is 12.8. The van der Waals surface area contributed by atoms with E-state index in [2.05, 4.69) is 49.8 Å². The molecule has 2 saturated heterocycles. The predicted octanol–water partition coefficient (Wildman–Crippen LogP) is 2.14. The molecule has 138 valence electrons. The fraction of sp³-hybridized carbons (Fsp3) is 0.550. The molecule has 4 rings (SSSR count). The van der Waals surface area contributed by atoms with Crippen LogP contribution in [0.3, 0.4) is 0 Å². The number of pyridine rings is 1. The molecule has 0 bridgehead atoms. The van der Waals surface area contributed by atoms with E-state index in [4.69, 9.17) is 4.98 Å². The lowest BCUT2D eigenvalue weighted by Crippen LogP contribution is -2.47. The number of piperazine rings is 1. The molecule has 2 aromatic rings. The molecule has 0 aliphatic carbocycles. The molecule has 0 aromatic carbocycles. The van der Waals surface area contributed by atoms with E-state index in [0.717, 1.165) is 69.7 Å². The maximum atomic E-state index is 4.82. The second-order valence-electron chi connectivity index (χ2n) is 7.26. The zero-order valence-corrected chi connectivity index (χ0v) is 15.6. The highest BCUT2D eigenvalue weighted by Gasteiger charge is 2.20. The molecule has 2 aromatic heterocycles. The lowest BCUT2D eigenvalue weighted by Gasteiger charge is -2.35. The standard InChI is InChI=1S/C20H28N6/c1-17-5-4-6-18(22-17)8-12-24-13-15-26(16-14-24)20-21-9-7-19(23-20)25-10-2-3-11-25/h4-7,9H,2-3,8,10-16H2,1H3. The summed E-state index contributed by atoms with van der Waals surface area (Å²) in [5, 5.41) is 0. The molecule has 2 fully saturated rings. The van der Waals surface area contributed by atoms with E-state index >= 15 is 0 Å². The van der Waals surface area contributed by atoms with Crippen molar-refractivity contribution in [3.63, 3.8) is 0 Å². The van der Waals surface area contributed by atoms with Crippen molar-refractivity contribution in [2.75, 3.05) is 55.6 Å². The summed E-state index contributed by atoms with van der Waals surface area (Å²) in [6, 6.07) is 8.32. The Labute approximate surface area is 155 Å². The van der Waals surface area contributed by atoms with Crippen molar-refractivity contribution in [2.24, 2.45) is 0 Å². The first-order valence-corrected chi connectivity index (χ1v) is 9.76. The Hall–Kier alpha value is -2.21. The Balaban J connectivity index is 1.30. The van der Waals surface area contributed by atoms with Crippen LogP contribution in [0.4, 0.5) is 11.8 Å². The zero-order chi connectivity index (χ0) is 17.8. The van der Waals surface area contributed by atoms with Crippen molar-refractivity contribution in [1.82, 2.24) is 19.9 Å². The number of hydrogen-bond donors (Lipinski definition) is 0. The summed E-state index contributed by atoms with van der Waals surface area (Å²) in [6.45, 7) is 9.47. The van der Waals surface area contributed by atoms with Gasteiger partial charge in [0, 0.05) is 69.8 Å². The first kappa shape index (κ1) is 17.2. The Morgan fingerprint density at radius 2 is 1.69 bits per heavy atom. The van der Waals surface area contributed by atoms with Gasteiger partial charge in [0.25, 0.3) is 0 Å². The van der Waals surface area contributed by atoms with Gasteiger partial charge in [0.15, 0.2) is 0 Å². The summed E-state index contributed by atoms with van der Waals surface area (Å²) in [7, 11) is 0. The van der Waals surface area contributed by atoms with Crippen LogP contribution in [-0.4, -0.2) is 65.7 Å². The minimum atomic E-state index is 0.884. The van der Waals surface area contributed by atoms with E-state index in [1.807, 2.05) is 12.3 Å². The Morgan fingerprint density at radius 1 is 0.885 bits per heavy atom. The quantitative estimate of drug-likeness (QED) is 0.822. The molecule has 6 heteroatoms. The van der Waals surface area contributed by atoms with Crippen molar-refractivity contribution >= 4 is 11.8 Å². The van der Waals surface area contributed by atoms with Crippen LogP contribution in [0.5, 0.6) is 0 Å². The molecule has 0 radical (unpaired) electrons. The Kier molecular flexibility index (Phi) is 5.29. The van der Waals surface area contributed by atoms with Crippen molar-refractivity contribution in [3.8, 4) is 0 Å². The monoisotopic (exact) mass is 352 g/mol. The van der Waals surface area contributed by atoms with Crippen LogP contribution in [0.1, 0.15) is 24.2 Å². The lowest BCUT2D eigenvalue weighted by atomic mass is 10.2. The Bertz CT molecular complexity index is 720. The van der Waals surface area contributed by atoms with E-state index in [-0.39, 0.29) is 0 Å². The zero-order valence-electron chi connectivity index (χ0n) is 15.6. The highest BCUT2D eigenvalue weighted by atomic mass is 15.3. The topological polar surface area (TPSA) is 48.4 Å². The van der Waals surface area contributed by atoms with Gasteiger partial charge in [-0.05, 0) is 38.0 Å². The third-order valence-corrected chi connectivity index (χ3v) is 5.34. The summed E-state index contributed by atoms with van der Waals surface area (Å²) in [5.74, 6) is 1.97. The van der Waals surface area contributed by atoms with Gasteiger partial charge in [-0.25, -0.2) is 4.98 Å². The van der Waals surface area contributed by atoms with Gasteiger partial charge in [-0.3, -0.25) is 9.88 Å². The van der Waals surface area contributed by atoms with Crippen LogP contribution in [0.25, 0.3) is 0 Å². The van der Waals surface area contributed by atoms with Gasteiger partial charge in [0.1, 0.15) is 5.82 Å². The molecule has 26 heavy (non-hydrogen) atoms. The molecule has 0 saturated carbocycles. The highest BCUT2D eigenvalue weighted by Crippen LogP contribution is 2.20. The summed E-state index contributed by atoms with van der Waals surface area (Å²) < 4.78 is 0. The first-order valence-electron chi connectivity index (χ1n) is 9.76. The third kappa shape index (κ3) is 4.12. The number of aryl methyl sites for hydroxylation is 1. The summed E-state index contributed by atoms with van der Waals surface area (Å²) in [6.07, 6.45) is 5.47. The fourth-order valence-electron chi connectivity index (χ4n) is 3.80. The van der Waals surface area contributed by atoms with Gasteiger partial charge in [0.2, 0.25) is 5.95 Å². The van der Waals surface area contributed by atoms with Crippen LogP contribution in [0.2, 0.25) is 0 Å². The molecule has 0 amide bonds. The van der Waals surface area contributed by atoms with Crippen molar-refractivity contribution in [1.29, 1.82) is 0 Å². The number of aromatic nitrogens is 3. The van der Waals surface area contributed by atoms with Gasteiger partial charge in [-0.15, -0.1) is 0 Å². The van der Waals surface area contributed by atoms with Crippen molar-refractivity contribution < 1.29 is 0 Å². The highest BCUT2D eigenvalue weighted by molar-refractivity contribution is 5.44. The summed E-state index contributed by atoms with van der Waals surface area (Å²) in [4.78, 5) is 21.2. The SMILES string of the molecule is Cc1cccc(CCN2CCN(c3nccc(N4CCCC4)n3)CC2)n1. The largest absolute Gasteiger partial charge is 0.356 e. The normalized spacial score (nSPS) is 18.5. The van der Waals surface area contributed by atoms with Gasteiger partial charge in [-0.2, -0.15) is 4.98 Å². The molecule has 0 unspecified atom stereocenters. The van der Waals surface area contributed by atoms with Crippen molar-refractivity contribution in [3.05, 3.63) is 41.9 Å². The second-order valence-corrected chi connectivity index (χ2v) is 7.26. The number of nitrogens with zero attached hydrogens (tertiary/aromatic N) is 6. The van der Waals surface area contributed by atoms with E-state index in [0.29, 0.717) is 0 Å². The molecule has 6 nitrogen and oxygen atoms in total. The van der Waals surface area contributed by atoms with E-state index < -0.39 is 0 Å². The third-order valence-electron chi connectivity index (χ3n) is 5.34. The average Bonchev–Trinajstić information content (AvgIpc) is 3.22. The molecule has 0 N–H and O–H groups in total. The molecule has 2 aliphatic rings. The van der Waals surface area contributed by atoms with Gasteiger partial charge >= 0.3 is 0 Å². The number of rotatable bonds is 5. The van der Waals surface area contributed by atoms with Gasteiger partial charge in [0.05, 0.1) is 0 Å². The predicted molar refractivity (Wildman–Crippen MR) is 105 cm³/mol. The number of hydrogen-bond acceptors (Lipinski definition) is 6. The Morgan fingerprint density at radius 3 is 2.46 bits per heavy atom. The van der Waals surface area contributed by atoms with E-state index in [9.17, 15) is 0 Å². The van der Waals surface area contributed by atoms with E-state index in [1.165, 1.54) is 18.5 Å². The van der Waals surface area contributed by atoms with Crippen molar-refractivity contribution in [2.45, 2.75) is 26.2 Å². The minimum absolute atomic E-state index is 0.884. The fourth-order valence-corrected chi connectivity index (χ4v) is 3.80. The van der Waals surface area contributed by atoms with Crippen LogP contribution in [0, 0.1) is 6.92 Å². The van der Waals surface area contributed by atoms with Crippen LogP contribution < -0.4 is 9.80 Å². The van der Waals surface area contributed by atoms with Crippen LogP contribution in [-0.2, 0) is 6.42 Å². The summed E-state index contributed by atoms with van der Waals surface area (Å²) in [5.41, 5.74) is 2.29. The molecule has 2 aliphatic heterocycles. The second kappa shape index (κ2) is 7.99. The minimum Gasteiger partial charge on any atom is -0.356 e. The molecule has 0 atom stereocenters. The van der Waals surface area contributed by atoms with Gasteiger partial charge < -0.3 is 9.80 Å². The smallest absolute Gasteiger partial charge is 0.227 e. The maximum absolute atomic E-state index is 4.82. The lowest BCUT2D eigenvalue weighted by molar-refractivity contribution is 0.259. The van der Waals surface area contributed by atoms with Crippen LogP contribution >= 0.6 is 0 Å². The average molecular weight is 352 g/mol. The molecule has 4 heterocycles. The summed E-state index contributed by atoms with van der Waals surface area (Å²) >= 11 is 0.